The maximum atomic E-state index is 10.00. The number of nitrogen functional groups attached to an aromatic ring is 1. The van der Waals surface area contributed by atoms with Crippen LogP contribution in [-0.2, 0) is 23.0 Å². The molecule has 3 aromatic heterocycles. The zero-order chi connectivity index (χ0) is 27.9. The maximum Gasteiger partial charge on any atom is 0.221 e. The van der Waals surface area contributed by atoms with Crippen molar-refractivity contribution >= 4 is 16.3 Å². The number of nitriles is 1. The summed E-state index contributed by atoms with van der Waals surface area (Å²) in [6.45, 7) is 3.94. The molecule has 0 bridgehead atoms. The SMILES string of the molecule is COCCOc1cc(O[C@@H](C)[C@@H]2CCCN2C)nc(-c2noc3c2CCC[C@@]32CCCc3sc(N)c(C#N)c32)n1. The minimum Gasteiger partial charge on any atom is -0.475 e. The molecular formula is C29H36N6O4S. The summed E-state index contributed by atoms with van der Waals surface area (Å²) in [6, 6.07) is 4.44. The van der Waals surface area contributed by atoms with E-state index >= 15 is 0 Å². The highest BCUT2D eigenvalue weighted by molar-refractivity contribution is 7.16. The molecule has 1 aliphatic heterocycles. The molecule has 3 atom stereocenters. The lowest BCUT2D eigenvalue weighted by atomic mass is 9.63. The number of likely N-dealkylation sites (tertiary alicyclic amines) is 1. The van der Waals surface area contributed by atoms with Crippen molar-refractivity contribution in [2.45, 2.75) is 75.9 Å². The first-order chi connectivity index (χ1) is 19.4. The predicted molar refractivity (Wildman–Crippen MR) is 151 cm³/mol. The topological polar surface area (TPSA) is 133 Å². The molecule has 0 aromatic carbocycles. The molecule has 2 N–H and O–H groups in total. The lowest BCUT2D eigenvalue weighted by Gasteiger charge is -2.39. The molecule has 0 radical (unpaired) electrons. The van der Waals surface area contributed by atoms with Crippen LogP contribution in [0.25, 0.3) is 11.5 Å². The van der Waals surface area contributed by atoms with Crippen LogP contribution in [0.3, 0.4) is 0 Å². The van der Waals surface area contributed by atoms with Crippen LogP contribution in [0.2, 0.25) is 0 Å². The number of methoxy groups -OCH3 is 1. The minimum atomic E-state index is -0.404. The summed E-state index contributed by atoms with van der Waals surface area (Å²) in [5.74, 6) is 2.09. The van der Waals surface area contributed by atoms with Crippen molar-refractivity contribution in [1.29, 1.82) is 5.26 Å². The van der Waals surface area contributed by atoms with E-state index in [4.69, 9.17) is 34.4 Å². The molecule has 4 heterocycles. The average molecular weight is 565 g/mol. The van der Waals surface area contributed by atoms with Crippen LogP contribution in [-0.4, -0.2) is 66.1 Å². The van der Waals surface area contributed by atoms with Gasteiger partial charge in [-0.2, -0.15) is 15.2 Å². The van der Waals surface area contributed by atoms with Gasteiger partial charge in [-0.25, -0.2) is 0 Å². The summed E-state index contributed by atoms with van der Waals surface area (Å²) in [5, 5.41) is 15.1. The predicted octanol–water partition coefficient (Wildman–Crippen LogP) is 4.49. The van der Waals surface area contributed by atoms with E-state index < -0.39 is 5.41 Å². The number of rotatable bonds is 8. The normalized spacial score (nSPS) is 23.0. The number of likely N-dealkylation sites (N-methyl/N-ethyl adjacent to an activating group) is 1. The molecule has 3 aromatic rings. The van der Waals surface area contributed by atoms with Gasteiger partial charge in [0, 0.05) is 23.6 Å². The van der Waals surface area contributed by atoms with E-state index in [1.165, 1.54) is 16.2 Å². The van der Waals surface area contributed by atoms with Crippen molar-refractivity contribution in [2.75, 3.05) is 39.6 Å². The van der Waals surface area contributed by atoms with Gasteiger partial charge in [-0.15, -0.1) is 11.3 Å². The van der Waals surface area contributed by atoms with E-state index in [9.17, 15) is 5.26 Å². The van der Waals surface area contributed by atoms with Crippen molar-refractivity contribution in [2.24, 2.45) is 0 Å². The Kier molecular flexibility index (Phi) is 7.42. The van der Waals surface area contributed by atoms with Gasteiger partial charge in [0.15, 0.2) is 17.3 Å². The smallest absolute Gasteiger partial charge is 0.221 e. The second-order valence-electron chi connectivity index (χ2n) is 11.1. The monoisotopic (exact) mass is 564 g/mol. The van der Waals surface area contributed by atoms with Crippen molar-refractivity contribution in [3.05, 3.63) is 33.4 Å². The van der Waals surface area contributed by atoms with E-state index in [0.717, 1.165) is 74.8 Å². The van der Waals surface area contributed by atoms with Gasteiger partial charge in [0.1, 0.15) is 23.8 Å². The zero-order valence-electron chi connectivity index (χ0n) is 23.4. The molecule has 0 amide bonds. The number of aryl methyl sites for hydroxylation is 1. The van der Waals surface area contributed by atoms with Crippen LogP contribution in [0.5, 0.6) is 11.8 Å². The fourth-order valence-electron chi connectivity index (χ4n) is 6.89. The Morgan fingerprint density at radius 3 is 2.77 bits per heavy atom. The molecule has 1 saturated heterocycles. The lowest BCUT2D eigenvalue weighted by Crippen LogP contribution is -2.38. The van der Waals surface area contributed by atoms with Gasteiger partial charge in [0.25, 0.3) is 0 Å². The fraction of sp³-hybridized carbons (Fsp3) is 0.586. The van der Waals surface area contributed by atoms with Gasteiger partial charge in [0.2, 0.25) is 11.8 Å². The molecule has 0 saturated carbocycles. The van der Waals surface area contributed by atoms with Crippen molar-refractivity contribution < 1.29 is 18.7 Å². The molecule has 10 nitrogen and oxygen atoms in total. The van der Waals surface area contributed by atoms with Gasteiger partial charge in [-0.05, 0) is 77.4 Å². The van der Waals surface area contributed by atoms with E-state index in [2.05, 4.69) is 30.1 Å². The lowest BCUT2D eigenvalue weighted by molar-refractivity contribution is 0.115. The first-order valence-electron chi connectivity index (χ1n) is 14.1. The number of anilines is 1. The number of nitrogens with zero attached hydrogens (tertiary/aromatic N) is 5. The third kappa shape index (κ3) is 4.62. The summed E-state index contributed by atoms with van der Waals surface area (Å²) in [7, 11) is 3.77. The molecule has 1 spiro atoms. The average Bonchev–Trinajstić information content (AvgIpc) is 3.66. The van der Waals surface area contributed by atoms with Crippen LogP contribution in [0, 0.1) is 11.3 Å². The quantitative estimate of drug-likeness (QED) is 0.390. The van der Waals surface area contributed by atoms with Crippen molar-refractivity contribution in [1.82, 2.24) is 20.0 Å². The highest BCUT2D eigenvalue weighted by Crippen LogP contribution is 2.55. The number of hydrogen-bond acceptors (Lipinski definition) is 11. The maximum absolute atomic E-state index is 10.00. The van der Waals surface area contributed by atoms with Crippen LogP contribution in [0.1, 0.15) is 72.8 Å². The third-order valence-electron chi connectivity index (χ3n) is 8.71. The fourth-order valence-corrected chi connectivity index (χ4v) is 8.05. The number of hydrogen-bond donors (Lipinski definition) is 1. The van der Waals surface area contributed by atoms with Crippen molar-refractivity contribution in [3.63, 3.8) is 0 Å². The first kappa shape index (κ1) is 27.0. The standard InChI is InChI=1S/C29H36N6O4S/c1-17(20-8-6-12-35(20)2)38-23-15-22(37-14-13-36-3)32-28(33-23)25-18-7-4-10-29(26(18)39-34-25)11-5-9-21-24(29)19(16-30)27(31)40-21/h15,17,20H,4-14,31H2,1-3H3/t17-,20-,29-/m0/s1. The number of thiophene rings is 1. The summed E-state index contributed by atoms with van der Waals surface area (Å²) < 4.78 is 23.6. The third-order valence-corrected chi connectivity index (χ3v) is 9.79. The van der Waals surface area contributed by atoms with Crippen LogP contribution < -0.4 is 15.2 Å². The van der Waals surface area contributed by atoms with Gasteiger partial charge < -0.3 is 24.5 Å². The second-order valence-corrected chi connectivity index (χ2v) is 12.2. The van der Waals surface area contributed by atoms with Crippen molar-refractivity contribution in [3.8, 4) is 29.3 Å². The number of ether oxygens (including phenoxy) is 3. The Labute approximate surface area is 238 Å². The van der Waals surface area contributed by atoms with Gasteiger partial charge in [-0.1, -0.05) is 5.16 Å². The van der Waals surface area contributed by atoms with Crippen LogP contribution >= 0.6 is 11.3 Å². The minimum absolute atomic E-state index is 0.0503. The highest BCUT2D eigenvalue weighted by Gasteiger charge is 2.48. The number of aromatic nitrogens is 3. The van der Waals surface area contributed by atoms with E-state index in [1.807, 2.05) is 0 Å². The largest absolute Gasteiger partial charge is 0.475 e. The molecule has 212 valence electrons. The Morgan fingerprint density at radius 1 is 1.23 bits per heavy atom. The molecule has 3 aliphatic rings. The summed E-state index contributed by atoms with van der Waals surface area (Å²) >= 11 is 1.54. The van der Waals surface area contributed by atoms with E-state index in [0.29, 0.717) is 53.1 Å². The molecule has 6 rings (SSSR count). The number of nitrogens with two attached hydrogens (primary N) is 1. The molecular weight excluding hydrogens is 528 g/mol. The van der Waals surface area contributed by atoms with E-state index in [-0.39, 0.29) is 6.10 Å². The summed E-state index contributed by atoms with van der Waals surface area (Å²) in [6.07, 6.45) is 7.68. The summed E-state index contributed by atoms with van der Waals surface area (Å²) in [4.78, 5) is 13.1. The van der Waals surface area contributed by atoms with Gasteiger partial charge in [0.05, 0.1) is 23.7 Å². The second kappa shape index (κ2) is 11.0. The molecule has 1 fully saturated rings. The highest BCUT2D eigenvalue weighted by atomic mass is 32.1. The van der Waals surface area contributed by atoms with E-state index in [1.54, 1.807) is 13.2 Å². The van der Waals surface area contributed by atoms with Crippen LogP contribution in [0.15, 0.2) is 10.6 Å². The van der Waals surface area contributed by atoms with Gasteiger partial charge >= 0.3 is 0 Å². The molecule has 40 heavy (non-hydrogen) atoms. The van der Waals surface area contributed by atoms with Gasteiger partial charge in [-0.3, -0.25) is 4.90 Å². The molecule has 11 heteroatoms. The molecule has 2 aliphatic carbocycles. The zero-order valence-corrected chi connectivity index (χ0v) is 24.2. The van der Waals surface area contributed by atoms with Crippen LogP contribution in [0.4, 0.5) is 5.00 Å². The first-order valence-corrected chi connectivity index (χ1v) is 15.0. The molecule has 0 unspecified atom stereocenters. The summed E-state index contributed by atoms with van der Waals surface area (Å²) in [5.41, 5.74) is 9.14. The Morgan fingerprint density at radius 2 is 2.02 bits per heavy atom. The number of fused-ring (bicyclic) bond motifs is 4. The Bertz CT molecular complexity index is 1430. The Balaban J connectivity index is 1.40. The Hall–Kier alpha value is -3.20.